The Labute approximate surface area is 147 Å². The molecule has 132 valence electrons. The molecule has 0 unspecified atom stereocenters. The van der Waals surface area contributed by atoms with Gasteiger partial charge in [0.2, 0.25) is 10.0 Å². The van der Waals surface area contributed by atoms with Gasteiger partial charge in [-0.25, -0.2) is 8.42 Å². The van der Waals surface area contributed by atoms with Gasteiger partial charge in [-0.05, 0) is 17.7 Å². The number of hydrogen-bond acceptors (Lipinski definition) is 4. The van der Waals surface area contributed by atoms with Crippen LogP contribution in [0.25, 0.3) is 0 Å². The number of benzene rings is 2. The molecule has 0 aromatic heterocycles. The van der Waals surface area contributed by atoms with Crippen molar-refractivity contribution in [1.29, 1.82) is 0 Å². The van der Waals surface area contributed by atoms with E-state index in [1.54, 1.807) is 24.3 Å². The Balaban J connectivity index is 1.76. The first-order chi connectivity index (χ1) is 11.9. The molecule has 6 nitrogen and oxygen atoms in total. The van der Waals surface area contributed by atoms with Gasteiger partial charge < -0.3 is 10.1 Å². The molecule has 0 bridgehead atoms. The van der Waals surface area contributed by atoms with Gasteiger partial charge in [0.1, 0.15) is 5.75 Å². The first kappa shape index (κ1) is 17.3. The molecule has 7 heteroatoms. The average molecular weight is 360 g/mol. The number of ether oxygens (including phenoxy) is 1. The van der Waals surface area contributed by atoms with E-state index in [-0.39, 0.29) is 18.9 Å². The molecule has 1 N–H and O–H groups in total. The van der Waals surface area contributed by atoms with Crippen LogP contribution in [0.2, 0.25) is 0 Å². The van der Waals surface area contributed by atoms with Crippen LogP contribution in [0.5, 0.6) is 5.75 Å². The summed E-state index contributed by atoms with van der Waals surface area (Å²) >= 11 is 0. The summed E-state index contributed by atoms with van der Waals surface area (Å²) in [6, 6.07) is 16.4. The lowest BCUT2D eigenvalue weighted by Crippen LogP contribution is -2.39. The number of sulfonamides is 1. The Kier molecular flexibility index (Phi) is 4.94. The van der Waals surface area contributed by atoms with Crippen LogP contribution in [0, 0.1) is 0 Å². The van der Waals surface area contributed by atoms with E-state index in [0.717, 1.165) is 11.8 Å². The number of carbonyl (C=O) groups excluding carboxylic acids is 1. The van der Waals surface area contributed by atoms with E-state index in [2.05, 4.69) is 5.32 Å². The molecule has 2 aromatic carbocycles. The maximum atomic E-state index is 12.5. The highest BCUT2D eigenvalue weighted by Crippen LogP contribution is 2.33. The summed E-state index contributed by atoms with van der Waals surface area (Å²) in [6.45, 7) is 0.593. The second-order valence-corrected chi connectivity index (χ2v) is 7.81. The average Bonchev–Trinajstić information content (AvgIpc) is 2.80. The van der Waals surface area contributed by atoms with Crippen molar-refractivity contribution >= 4 is 21.6 Å². The Morgan fingerprint density at radius 3 is 2.56 bits per heavy atom. The van der Waals surface area contributed by atoms with E-state index >= 15 is 0 Å². The highest BCUT2D eigenvalue weighted by molar-refractivity contribution is 7.92. The molecule has 3 rings (SSSR count). The van der Waals surface area contributed by atoms with Crippen molar-refractivity contribution in [3.8, 4) is 5.75 Å². The van der Waals surface area contributed by atoms with Gasteiger partial charge in [0.15, 0.2) is 6.10 Å². The number of hydrogen-bond donors (Lipinski definition) is 1. The molecule has 1 heterocycles. The second kappa shape index (κ2) is 7.14. The van der Waals surface area contributed by atoms with Crippen molar-refractivity contribution in [3.63, 3.8) is 0 Å². The number of nitrogens with zero attached hydrogens (tertiary/aromatic N) is 1. The lowest BCUT2D eigenvalue weighted by molar-refractivity contribution is -0.128. The Hall–Kier alpha value is -2.54. The zero-order valence-corrected chi connectivity index (χ0v) is 14.7. The van der Waals surface area contributed by atoms with Crippen molar-refractivity contribution in [1.82, 2.24) is 5.32 Å². The van der Waals surface area contributed by atoms with Gasteiger partial charge in [-0.15, -0.1) is 0 Å². The van der Waals surface area contributed by atoms with Gasteiger partial charge in [0.25, 0.3) is 5.91 Å². The van der Waals surface area contributed by atoms with Crippen molar-refractivity contribution in [3.05, 3.63) is 60.2 Å². The maximum Gasteiger partial charge on any atom is 0.261 e. The van der Waals surface area contributed by atoms with Gasteiger partial charge in [-0.3, -0.25) is 9.10 Å². The Bertz CT molecular complexity index is 852. The van der Waals surface area contributed by atoms with Crippen LogP contribution in [-0.4, -0.2) is 33.2 Å². The quantitative estimate of drug-likeness (QED) is 0.904. The summed E-state index contributed by atoms with van der Waals surface area (Å²) in [6.07, 6.45) is 0.693. The van der Waals surface area contributed by atoms with Gasteiger partial charge >= 0.3 is 0 Å². The number of fused-ring (bicyclic) bond motifs is 1. The van der Waals surface area contributed by atoms with Crippen LogP contribution in [-0.2, 0) is 21.4 Å². The van der Waals surface area contributed by atoms with Gasteiger partial charge in [0, 0.05) is 19.5 Å². The fraction of sp³-hybridized carbons (Fsp3) is 0.278. The molecule has 2 aromatic rings. The molecule has 0 spiro atoms. The fourth-order valence-electron chi connectivity index (χ4n) is 2.76. The molecule has 1 aliphatic heterocycles. The van der Waals surface area contributed by atoms with Crippen LogP contribution in [0.3, 0.4) is 0 Å². The van der Waals surface area contributed by atoms with Crippen molar-refractivity contribution in [2.24, 2.45) is 0 Å². The minimum absolute atomic E-state index is 0.194. The molecule has 25 heavy (non-hydrogen) atoms. The fourth-order valence-corrected chi connectivity index (χ4v) is 3.70. The third kappa shape index (κ3) is 4.11. The lowest BCUT2D eigenvalue weighted by Gasteiger charge is -2.20. The number of carbonyl (C=O) groups is 1. The molecule has 1 aliphatic rings. The summed E-state index contributed by atoms with van der Waals surface area (Å²) in [5.74, 6) is 0.138. The van der Waals surface area contributed by atoms with Crippen molar-refractivity contribution in [2.75, 3.05) is 17.1 Å². The largest absolute Gasteiger partial charge is 0.478 e. The summed E-state index contributed by atoms with van der Waals surface area (Å²) in [4.78, 5) is 12.5. The highest BCUT2D eigenvalue weighted by Gasteiger charge is 2.30. The number of amides is 1. The van der Waals surface area contributed by atoms with Crippen molar-refractivity contribution < 1.29 is 17.9 Å². The van der Waals surface area contributed by atoms with Crippen molar-refractivity contribution in [2.45, 2.75) is 19.1 Å². The third-order valence-electron chi connectivity index (χ3n) is 4.00. The summed E-state index contributed by atoms with van der Waals surface area (Å²) < 4.78 is 31.2. The summed E-state index contributed by atoms with van der Waals surface area (Å²) in [5.41, 5.74) is 1.45. The van der Waals surface area contributed by atoms with E-state index in [4.69, 9.17) is 4.74 Å². The molecule has 0 saturated heterocycles. The first-order valence-corrected chi connectivity index (χ1v) is 9.85. The molecule has 1 atom stereocenters. The van der Waals surface area contributed by atoms with Crippen LogP contribution in [0.15, 0.2) is 54.6 Å². The molecular weight excluding hydrogens is 340 g/mol. The third-order valence-corrected chi connectivity index (χ3v) is 5.18. The molecular formula is C18H20N2O4S. The zero-order chi connectivity index (χ0) is 17.9. The second-order valence-electron chi connectivity index (χ2n) is 5.90. The standard InChI is InChI=1S/C18H20N2O4S/c1-25(22,23)20-12-11-17(24-16-10-6-5-9-15(16)20)18(21)19-13-14-7-3-2-4-8-14/h2-10,17H,11-13H2,1H3,(H,19,21)/t17-/m1/s1. The zero-order valence-electron chi connectivity index (χ0n) is 13.9. The van der Waals surface area contributed by atoms with E-state index in [0.29, 0.717) is 18.0 Å². The maximum absolute atomic E-state index is 12.5. The highest BCUT2D eigenvalue weighted by atomic mass is 32.2. The normalized spacial score (nSPS) is 17.2. The van der Waals surface area contributed by atoms with E-state index < -0.39 is 16.1 Å². The van der Waals surface area contributed by atoms with Crippen LogP contribution in [0.1, 0.15) is 12.0 Å². The van der Waals surface area contributed by atoms with Gasteiger partial charge in [-0.1, -0.05) is 42.5 Å². The van der Waals surface area contributed by atoms with Gasteiger partial charge in [0.05, 0.1) is 11.9 Å². The van der Waals surface area contributed by atoms with E-state index in [1.807, 2.05) is 30.3 Å². The lowest BCUT2D eigenvalue weighted by atomic mass is 10.2. The molecule has 0 fully saturated rings. The van der Waals surface area contributed by atoms with Gasteiger partial charge in [-0.2, -0.15) is 0 Å². The predicted octanol–water partition coefficient (Wildman–Crippen LogP) is 1.92. The summed E-state index contributed by atoms with van der Waals surface area (Å²) in [7, 11) is -3.45. The molecule has 0 radical (unpaired) electrons. The van der Waals surface area contributed by atoms with Crippen LogP contribution < -0.4 is 14.4 Å². The predicted molar refractivity (Wildman–Crippen MR) is 96.0 cm³/mol. The monoisotopic (exact) mass is 360 g/mol. The minimum Gasteiger partial charge on any atom is -0.478 e. The Morgan fingerprint density at radius 1 is 1.16 bits per heavy atom. The Morgan fingerprint density at radius 2 is 1.84 bits per heavy atom. The molecule has 0 saturated carbocycles. The van der Waals surface area contributed by atoms with E-state index in [9.17, 15) is 13.2 Å². The number of anilines is 1. The SMILES string of the molecule is CS(=O)(=O)N1CC[C@H](C(=O)NCc2ccccc2)Oc2ccccc21. The first-order valence-electron chi connectivity index (χ1n) is 8.00. The number of nitrogens with one attached hydrogen (secondary N) is 1. The topological polar surface area (TPSA) is 75.7 Å². The molecule has 0 aliphatic carbocycles. The van der Waals surface area contributed by atoms with E-state index in [1.165, 1.54) is 4.31 Å². The molecule has 1 amide bonds. The van der Waals surface area contributed by atoms with Crippen LogP contribution >= 0.6 is 0 Å². The van der Waals surface area contributed by atoms with Crippen LogP contribution in [0.4, 0.5) is 5.69 Å². The smallest absolute Gasteiger partial charge is 0.261 e. The number of rotatable bonds is 4. The minimum atomic E-state index is -3.45. The summed E-state index contributed by atoms with van der Waals surface area (Å²) in [5, 5.41) is 2.85. The number of para-hydroxylation sites is 2.